The molecule has 1 aromatic carbocycles. The number of methoxy groups -OCH3 is 1. The lowest BCUT2D eigenvalue weighted by atomic mass is 10.1. The quantitative estimate of drug-likeness (QED) is 0.870. The zero-order chi connectivity index (χ0) is 14.0. The zero-order valence-corrected chi connectivity index (χ0v) is 12.7. The SMILES string of the molecule is COc1cc(Cl)ccc1-c1n[nH]c(=S)n1CC(C)C. The summed E-state index contributed by atoms with van der Waals surface area (Å²) in [6, 6.07) is 5.48. The van der Waals surface area contributed by atoms with Crippen molar-refractivity contribution in [3.63, 3.8) is 0 Å². The third kappa shape index (κ3) is 2.98. The second-order valence-electron chi connectivity index (χ2n) is 4.70. The standard InChI is InChI=1S/C13H16ClN3OS/c1-8(2)7-17-12(15-16-13(17)19)10-5-4-9(14)6-11(10)18-3/h4-6,8H,7H2,1-3H3,(H,16,19). The van der Waals surface area contributed by atoms with Crippen molar-refractivity contribution in [3.05, 3.63) is 28.0 Å². The summed E-state index contributed by atoms with van der Waals surface area (Å²) in [7, 11) is 1.61. The number of benzene rings is 1. The molecular formula is C13H16ClN3OS. The van der Waals surface area contributed by atoms with E-state index in [2.05, 4.69) is 24.0 Å². The maximum absolute atomic E-state index is 5.98. The van der Waals surface area contributed by atoms with Crippen molar-refractivity contribution in [2.75, 3.05) is 7.11 Å². The van der Waals surface area contributed by atoms with Gasteiger partial charge in [-0.3, -0.25) is 9.67 Å². The van der Waals surface area contributed by atoms with Crippen LogP contribution in [0.2, 0.25) is 5.02 Å². The highest BCUT2D eigenvalue weighted by Gasteiger charge is 2.14. The van der Waals surface area contributed by atoms with Crippen LogP contribution in [-0.4, -0.2) is 21.9 Å². The van der Waals surface area contributed by atoms with Crippen LogP contribution in [0.3, 0.4) is 0 Å². The minimum absolute atomic E-state index is 0.473. The maximum Gasteiger partial charge on any atom is 0.195 e. The molecule has 2 aromatic rings. The van der Waals surface area contributed by atoms with Crippen LogP contribution in [0.15, 0.2) is 18.2 Å². The third-order valence-corrected chi connectivity index (χ3v) is 3.26. The molecule has 0 saturated carbocycles. The Bertz CT molecular complexity index is 633. The van der Waals surface area contributed by atoms with Crippen molar-refractivity contribution < 1.29 is 4.74 Å². The van der Waals surface area contributed by atoms with E-state index in [-0.39, 0.29) is 0 Å². The molecule has 0 radical (unpaired) electrons. The Balaban J connectivity index is 2.56. The average Bonchev–Trinajstić information content (AvgIpc) is 2.70. The number of aromatic amines is 1. The second kappa shape index (κ2) is 5.75. The Morgan fingerprint density at radius 1 is 1.47 bits per heavy atom. The van der Waals surface area contributed by atoms with Crippen LogP contribution in [0.4, 0.5) is 0 Å². The minimum atomic E-state index is 0.473. The molecule has 0 amide bonds. The molecule has 102 valence electrons. The van der Waals surface area contributed by atoms with Crippen LogP contribution < -0.4 is 4.74 Å². The number of nitrogens with one attached hydrogen (secondary N) is 1. The number of ether oxygens (including phenoxy) is 1. The van der Waals surface area contributed by atoms with Crippen molar-refractivity contribution in [3.8, 4) is 17.1 Å². The van der Waals surface area contributed by atoms with Gasteiger partial charge in [-0.15, -0.1) is 0 Å². The topological polar surface area (TPSA) is 42.8 Å². The fourth-order valence-electron chi connectivity index (χ4n) is 1.91. The summed E-state index contributed by atoms with van der Waals surface area (Å²) < 4.78 is 7.95. The zero-order valence-electron chi connectivity index (χ0n) is 11.1. The largest absolute Gasteiger partial charge is 0.496 e. The normalized spacial score (nSPS) is 11.0. The van der Waals surface area contributed by atoms with E-state index < -0.39 is 0 Å². The van der Waals surface area contributed by atoms with Crippen LogP contribution in [-0.2, 0) is 6.54 Å². The molecule has 1 heterocycles. The third-order valence-electron chi connectivity index (χ3n) is 2.71. The van der Waals surface area contributed by atoms with Gasteiger partial charge in [-0.1, -0.05) is 25.4 Å². The van der Waals surface area contributed by atoms with Gasteiger partial charge in [0.05, 0.1) is 12.7 Å². The maximum atomic E-state index is 5.98. The molecule has 0 aliphatic carbocycles. The van der Waals surface area contributed by atoms with Gasteiger partial charge in [-0.25, -0.2) is 0 Å². The fourth-order valence-corrected chi connectivity index (χ4v) is 2.28. The summed E-state index contributed by atoms with van der Waals surface area (Å²) in [6.07, 6.45) is 0. The lowest BCUT2D eigenvalue weighted by Gasteiger charge is -2.12. The Kier molecular flexibility index (Phi) is 4.27. The fraction of sp³-hybridized carbons (Fsp3) is 0.385. The second-order valence-corrected chi connectivity index (χ2v) is 5.52. The Hall–Kier alpha value is -1.33. The Labute approximate surface area is 122 Å². The number of nitrogens with zero attached hydrogens (tertiary/aromatic N) is 2. The molecule has 19 heavy (non-hydrogen) atoms. The summed E-state index contributed by atoms with van der Waals surface area (Å²) >= 11 is 11.3. The Morgan fingerprint density at radius 3 is 2.84 bits per heavy atom. The van der Waals surface area contributed by atoms with Gasteiger partial charge in [0, 0.05) is 11.6 Å². The lowest BCUT2D eigenvalue weighted by Crippen LogP contribution is -2.07. The van der Waals surface area contributed by atoms with Crippen LogP contribution in [0.5, 0.6) is 5.75 Å². The van der Waals surface area contributed by atoms with E-state index in [0.717, 1.165) is 17.9 Å². The van der Waals surface area contributed by atoms with Crippen molar-refractivity contribution >= 4 is 23.8 Å². The van der Waals surface area contributed by atoms with Crippen molar-refractivity contribution in [1.82, 2.24) is 14.8 Å². The molecular weight excluding hydrogens is 282 g/mol. The van der Waals surface area contributed by atoms with Crippen molar-refractivity contribution in [1.29, 1.82) is 0 Å². The number of H-pyrrole nitrogens is 1. The van der Waals surface area contributed by atoms with E-state index in [4.69, 9.17) is 28.6 Å². The first kappa shape index (κ1) is 14.1. The van der Waals surface area contributed by atoms with Gasteiger partial charge in [0.15, 0.2) is 10.6 Å². The predicted octanol–water partition coefficient (Wildman–Crippen LogP) is 3.93. The molecule has 0 unspecified atom stereocenters. The molecule has 0 spiro atoms. The highest BCUT2D eigenvalue weighted by molar-refractivity contribution is 7.71. The van der Waals surface area contributed by atoms with Crippen LogP contribution in [0.1, 0.15) is 13.8 Å². The molecule has 4 nitrogen and oxygen atoms in total. The number of rotatable bonds is 4. The summed E-state index contributed by atoms with van der Waals surface area (Å²) in [6.45, 7) is 5.08. The van der Waals surface area contributed by atoms with Gasteiger partial charge in [0.25, 0.3) is 0 Å². The number of halogens is 1. The highest BCUT2D eigenvalue weighted by atomic mass is 35.5. The molecule has 1 N–H and O–H groups in total. The van der Waals surface area contributed by atoms with Gasteiger partial charge >= 0.3 is 0 Å². The molecule has 0 fully saturated rings. The smallest absolute Gasteiger partial charge is 0.195 e. The van der Waals surface area contributed by atoms with Gasteiger partial charge in [-0.05, 0) is 36.3 Å². The molecule has 0 saturated heterocycles. The monoisotopic (exact) mass is 297 g/mol. The molecule has 0 aliphatic heterocycles. The van der Waals surface area contributed by atoms with Crippen LogP contribution in [0, 0.1) is 10.7 Å². The molecule has 0 bridgehead atoms. The van der Waals surface area contributed by atoms with Crippen LogP contribution in [0.25, 0.3) is 11.4 Å². The van der Waals surface area contributed by atoms with Crippen molar-refractivity contribution in [2.45, 2.75) is 20.4 Å². The molecule has 0 atom stereocenters. The summed E-state index contributed by atoms with van der Waals surface area (Å²) in [5, 5.41) is 7.76. The first-order valence-electron chi connectivity index (χ1n) is 6.02. The first-order chi connectivity index (χ1) is 9.02. The molecule has 0 aliphatic rings. The first-order valence-corrected chi connectivity index (χ1v) is 6.80. The lowest BCUT2D eigenvalue weighted by molar-refractivity contribution is 0.415. The summed E-state index contributed by atoms with van der Waals surface area (Å²) in [4.78, 5) is 0. The number of aromatic nitrogens is 3. The highest BCUT2D eigenvalue weighted by Crippen LogP contribution is 2.31. The van der Waals surface area contributed by atoms with Gasteiger partial charge < -0.3 is 4.74 Å². The predicted molar refractivity (Wildman–Crippen MR) is 79.2 cm³/mol. The van der Waals surface area contributed by atoms with E-state index in [1.165, 1.54) is 0 Å². The van der Waals surface area contributed by atoms with Crippen molar-refractivity contribution in [2.24, 2.45) is 5.92 Å². The van der Waals surface area contributed by atoms with Gasteiger partial charge in [0.1, 0.15) is 5.75 Å². The van der Waals surface area contributed by atoms with Gasteiger partial charge in [-0.2, -0.15) is 5.10 Å². The van der Waals surface area contributed by atoms with E-state index >= 15 is 0 Å². The summed E-state index contributed by atoms with van der Waals surface area (Å²) in [5.74, 6) is 1.93. The number of hydrogen-bond acceptors (Lipinski definition) is 3. The van der Waals surface area contributed by atoms with E-state index in [1.807, 2.05) is 16.7 Å². The van der Waals surface area contributed by atoms with Crippen LogP contribution >= 0.6 is 23.8 Å². The summed E-state index contributed by atoms with van der Waals surface area (Å²) in [5.41, 5.74) is 0.875. The molecule has 6 heteroatoms. The van der Waals surface area contributed by atoms with E-state index in [9.17, 15) is 0 Å². The average molecular weight is 298 g/mol. The Morgan fingerprint density at radius 2 is 2.21 bits per heavy atom. The van der Waals surface area contributed by atoms with E-state index in [0.29, 0.717) is 21.5 Å². The molecule has 2 rings (SSSR count). The number of hydrogen-bond donors (Lipinski definition) is 1. The van der Waals surface area contributed by atoms with E-state index in [1.54, 1.807) is 13.2 Å². The molecule has 1 aromatic heterocycles. The van der Waals surface area contributed by atoms with Gasteiger partial charge in [0.2, 0.25) is 0 Å². The minimum Gasteiger partial charge on any atom is -0.496 e.